The molecule has 7 heteroatoms. The molecule has 1 unspecified atom stereocenters. The summed E-state index contributed by atoms with van der Waals surface area (Å²) in [6.45, 7) is 0. The highest BCUT2D eigenvalue weighted by molar-refractivity contribution is 7.99. The number of hydrogen-bond acceptors (Lipinski definition) is 6. The Hall–Kier alpha value is -1.89. The molecular formula is C12H14N2O4S. The second kappa shape index (κ2) is 5.40. The summed E-state index contributed by atoms with van der Waals surface area (Å²) in [5.74, 6) is 1.34. The Morgan fingerprint density at radius 1 is 1.53 bits per heavy atom. The normalized spacial score (nSPS) is 17.5. The number of nitrogens with zero attached hydrogens (tertiary/aromatic N) is 1. The molecule has 1 aromatic rings. The van der Waals surface area contributed by atoms with Gasteiger partial charge in [0.05, 0.1) is 17.6 Å². The van der Waals surface area contributed by atoms with E-state index in [9.17, 15) is 10.1 Å². The molecule has 0 bridgehead atoms. The van der Waals surface area contributed by atoms with Crippen molar-refractivity contribution in [1.29, 1.82) is 0 Å². The van der Waals surface area contributed by atoms with Crippen LogP contribution in [0.4, 0.5) is 0 Å². The van der Waals surface area contributed by atoms with Gasteiger partial charge in [0.25, 0.3) is 5.88 Å². The van der Waals surface area contributed by atoms with Crippen molar-refractivity contribution in [1.82, 2.24) is 5.32 Å². The first-order chi connectivity index (χ1) is 9.13. The van der Waals surface area contributed by atoms with E-state index in [1.54, 1.807) is 25.2 Å². The summed E-state index contributed by atoms with van der Waals surface area (Å²) in [6, 6.07) is 5.34. The molecule has 0 fully saturated rings. The molecule has 0 radical (unpaired) electrons. The van der Waals surface area contributed by atoms with Gasteiger partial charge in [0.15, 0.2) is 0 Å². The largest absolute Gasteiger partial charge is 0.496 e. The molecule has 0 spiro atoms. The SMILES string of the molecule is CNC1=C([N+](=O)[O-])C(SC)c2c(OC)cccc2O1. The maximum absolute atomic E-state index is 11.3. The monoisotopic (exact) mass is 282 g/mol. The molecule has 0 saturated carbocycles. The lowest BCUT2D eigenvalue weighted by molar-refractivity contribution is -0.431. The van der Waals surface area contributed by atoms with Gasteiger partial charge in [0.1, 0.15) is 16.7 Å². The quantitative estimate of drug-likeness (QED) is 0.674. The molecule has 19 heavy (non-hydrogen) atoms. The third kappa shape index (κ3) is 2.21. The number of benzene rings is 1. The summed E-state index contributed by atoms with van der Waals surface area (Å²) < 4.78 is 10.8. The zero-order valence-corrected chi connectivity index (χ0v) is 11.6. The standard InChI is InChI=1S/C12H14N2O4S/c1-13-12-10(14(15)16)11(19-3)9-7(17-2)5-4-6-8(9)18-12/h4-6,11,13H,1-3H3. The van der Waals surface area contributed by atoms with Gasteiger partial charge < -0.3 is 14.8 Å². The maximum atomic E-state index is 11.3. The van der Waals surface area contributed by atoms with Crippen LogP contribution in [0.25, 0.3) is 0 Å². The Morgan fingerprint density at radius 2 is 2.26 bits per heavy atom. The van der Waals surface area contributed by atoms with Gasteiger partial charge in [-0.2, -0.15) is 0 Å². The predicted molar refractivity (Wildman–Crippen MR) is 73.0 cm³/mol. The molecule has 0 saturated heterocycles. The van der Waals surface area contributed by atoms with Crippen LogP contribution in [0.1, 0.15) is 10.8 Å². The summed E-state index contributed by atoms with van der Waals surface area (Å²) in [6.07, 6.45) is 1.82. The Kier molecular flexibility index (Phi) is 3.84. The smallest absolute Gasteiger partial charge is 0.323 e. The first-order valence-electron chi connectivity index (χ1n) is 5.57. The lowest BCUT2D eigenvalue weighted by Crippen LogP contribution is -2.26. The van der Waals surface area contributed by atoms with Crippen LogP contribution in [0, 0.1) is 10.1 Å². The van der Waals surface area contributed by atoms with E-state index in [-0.39, 0.29) is 11.6 Å². The molecule has 1 aromatic carbocycles. The molecule has 1 atom stereocenters. The number of fused-ring (bicyclic) bond motifs is 1. The lowest BCUT2D eigenvalue weighted by Gasteiger charge is -2.25. The highest BCUT2D eigenvalue weighted by Crippen LogP contribution is 2.48. The van der Waals surface area contributed by atoms with E-state index in [2.05, 4.69) is 5.32 Å². The summed E-state index contributed by atoms with van der Waals surface area (Å²) >= 11 is 1.37. The van der Waals surface area contributed by atoms with Crippen molar-refractivity contribution in [2.75, 3.05) is 20.4 Å². The van der Waals surface area contributed by atoms with E-state index in [0.29, 0.717) is 17.1 Å². The fraction of sp³-hybridized carbons (Fsp3) is 0.333. The van der Waals surface area contributed by atoms with Crippen molar-refractivity contribution >= 4 is 11.8 Å². The zero-order valence-electron chi connectivity index (χ0n) is 10.8. The zero-order chi connectivity index (χ0) is 14.0. The van der Waals surface area contributed by atoms with E-state index in [1.807, 2.05) is 6.26 Å². The second-order valence-corrected chi connectivity index (χ2v) is 4.75. The fourth-order valence-corrected chi connectivity index (χ4v) is 2.94. The molecule has 1 N–H and O–H groups in total. The summed E-state index contributed by atoms with van der Waals surface area (Å²) in [7, 11) is 3.14. The number of hydrogen-bond donors (Lipinski definition) is 1. The van der Waals surface area contributed by atoms with E-state index in [1.165, 1.54) is 18.9 Å². The summed E-state index contributed by atoms with van der Waals surface area (Å²) in [5.41, 5.74) is 0.704. The van der Waals surface area contributed by atoms with E-state index in [4.69, 9.17) is 9.47 Å². The summed E-state index contributed by atoms with van der Waals surface area (Å²) in [5, 5.41) is 13.6. The summed E-state index contributed by atoms with van der Waals surface area (Å²) in [4.78, 5) is 10.9. The van der Waals surface area contributed by atoms with Crippen molar-refractivity contribution in [3.63, 3.8) is 0 Å². The van der Waals surface area contributed by atoms with Gasteiger partial charge in [0.2, 0.25) is 0 Å². The first-order valence-corrected chi connectivity index (χ1v) is 6.86. The molecule has 0 aromatic heterocycles. The van der Waals surface area contributed by atoms with Crippen LogP contribution < -0.4 is 14.8 Å². The van der Waals surface area contributed by atoms with Gasteiger partial charge in [-0.15, -0.1) is 11.8 Å². The number of ether oxygens (including phenoxy) is 2. The highest BCUT2D eigenvalue weighted by atomic mass is 32.2. The molecule has 2 rings (SSSR count). The van der Waals surface area contributed by atoms with Crippen LogP contribution in [-0.4, -0.2) is 25.3 Å². The minimum atomic E-state index is -0.433. The minimum Gasteiger partial charge on any atom is -0.496 e. The molecule has 1 heterocycles. The van der Waals surface area contributed by atoms with Gasteiger partial charge >= 0.3 is 5.70 Å². The van der Waals surface area contributed by atoms with Crippen molar-refractivity contribution in [2.45, 2.75) is 5.25 Å². The van der Waals surface area contributed by atoms with Crippen molar-refractivity contribution in [2.24, 2.45) is 0 Å². The van der Waals surface area contributed by atoms with Crippen molar-refractivity contribution < 1.29 is 14.4 Å². The molecule has 6 nitrogen and oxygen atoms in total. The van der Waals surface area contributed by atoms with Crippen molar-refractivity contribution in [3.05, 3.63) is 45.5 Å². The third-order valence-electron chi connectivity index (χ3n) is 2.86. The van der Waals surface area contributed by atoms with Crippen LogP contribution in [0.15, 0.2) is 29.8 Å². The second-order valence-electron chi connectivity index (χ2n) is 3.81. The highest BCUT2D eigenvalue weighted by Gasteiger charge is 2.39. The molecule has 0 aliphatic carbocycles. The average molecular weight is 282 g/mol. The Balaban J connectivity index is 2.64. The Morgan fingerprint density at radius 3 is 2.79 bits per heavy atom. The van der Waals surface area contributed by atoms with Crippen molar-refractivity contribution in [3.8, 4) is 11.5 Å². The van der Waals surface area contributed by atoms with Crippen LogP contribution in [0.2, 0.25) is 0 Å². The van der Waals surface area contributed by atoms with Crippen LogP contribution in [-0.2, 0) is 0 Å². The Labute approximate surface area is 114 Å². The van der Waals surface area contributed by atoms with Crippen LogP contribution >= 0.6 is 11.8 Å². The topological polar surface area (TPSA) is 73.6 Å². The maximum Gasteiger partial charge on any atom is 0.323 e. The third-order valence-corrected chi connectivity index (χ3v) is 3.79. The number of thioether (sulfide) groups is 1. The predicted octanol–water partition coefficient (Wildman–Crippen LogP) is 2.16. The number of methoxy groups -OCH3 is 1. The first kappa shape index (κ1) is 13.5. The Bertz CT molecular complexity index is 545. The number of nitrogens with one attached hydrogen (secondary N) is 1. The van der Waals surface area contributed by atoms with Gasteiger partial charge in [0, 0.05) is 7.05 Å². The molecular weight excluding hydrogens is 268 g/mol. The fourth-order valence-electron chi connectivity index (χ4n) is 2.05. The van der Waals surface area contributed by atoms with Gasteiger partial charge in [-0.3, -0.25) is 10.1 Å². The van der Waals surface area contributed by atoms with Gasteiger partial charge in [-0.1, -0.05) is 6.07 Å². The van der Waals surface area contributed by atoms with E-state index in [0.717, 1.165) is 0 Å². The minimum absolute atomic E-state index is 0.00648. The average Bonchev–Trinajstić information content (AvgIpc) is 2.43. The lowest BCUT2D eigenvalue weighted by atomic mass is 10.0. The molecule has 1 aliphatic rings. The number of rotatable bonds is 4. The number of nitro groups is 1. The van der Waals surface area contributed by atoms with Gasteiger partial charge in [-0.05, 0) is 18.4 Å². The van der Waals surface area contributed by atoms with Crippen LogP contribution in [0.3, 0.4) is 0 Å². The van der Waals surface area contributed by atoms with Gasteiger partial charge in [-0.25, -0.2) is 0 Å². The molecule has 102 valence electrons. The molecule has 0 amide bonds. The van der Waals surface area contributed by atoms with E-state index >= 15 is 0 Å². The van der Waals surface area contributed by atoms with Crippen LogP contribution in [0.5, 0.6) is 11.5 Å². The van der Waals surface area contributed by atoms with E-state index < -0.39 is 10.2 Å². The molecule has 1 aliphatic heterocycles.